The third kappa shape index (κ3) is 5.96. The van der Waals surface area contributed by atoms with E-state index in [1.54, 1.807) is 28.8 Å². The van der Waals surface area contributed by atoms with Crippen LogP contribution in [0.4, 0.5) is 5.69 Å². The van der Waals surface area contributed by atoms with E-state index in [2.05, 4.69) is 16.5 Å². The van der Waals surface area contributed by atoms with Gasteiger partial charge in [-0.15, -0.1) is 11.8 Å². The van der Waals surface area contributed by atoms with Crippen molar-refractivity contribution < 1.29 is 13.2 Å². The van der Waals surface area contributed by atoms with Crippen molar-refractivity contribution in [3.8, 4) is 0 Å². The Morgan fingerprint density at radius 3 is 2.55 bits per heavy atom. The number of likely N-dealkylation sites (tertiary alicyclic amines) is 1. The molecule has 1 fully saturated rings. The lowest BCUT2D eigenvalue weighted by molar-refractivity contribution is -0.116. The molecular formula is C21H33N3O3S2. The third-order valence-electron chi connectivity index (χ3n) is 5.81. The van der Waals surface area contributed by atoms with Crippen LogP contribution in [0, 0.1) is 0 Å². The minimum absolute atomic E-state index is 0.0532. The summed E-state index contributed by atoms with van der Waals surface area (Å²) >= 11 is 1.67. The quantitative estimate of drug-likeness (QED) is 0.735. The first-order valence-corrected chi connectivity index (χ1v) is 13.1. The molecule has 6 nitrogen and oxygen atoms in total. The first-order valence-electron chi connectivity index (χ1n) is 10.7. The molecule has 2 aliphatic heterocycles. The maximum absolute atomic E-state index is 12.9. The van der Waals surface area contributed by atoms with Gasteiger partial charge in [0.1, 0.15) is 0 Å². The summed E-state index contributed by atoms with van der Waals surface area (Å²) in [5, 5.41) is 0. The smallest absolute Gasteiger partial charge is 0.240 e. The summed E-state index contributed by atoms with van der Waals surface area (Å²) in [5.74, 6) is 0.873. The van der Waals surface area contributed by atoms with Crippen LogP contribution in [0.25, 0.3) is 0 Å². The number of benzene rings is 1. The van der Waals surface area contributed by atoms with Gasteiger partial charge in [0, 0.05) is 31.0 Å². The Hall–Kier alpha value is -1.09. The Labute approximate surface area is 179 Å². The first kappa shape index (κ1) is 22.6. The molecule has 1 saturated heterocycles. The standard InChI is InChI=1S/C21H33N3O3S2/c1-17(23-12-5-3-4-6-13-23)10-11-22-29(26,27)19-8-9-21-20(16-19)24(18(2)25)14-7-15-28-21/h8-9,16-17,22H,3-7,10-15H2,1-2H3/t17-/m1/s1. The Morgan fingerprint density at radius 2 is 1.86 bits per heavy atom. The summed E-state index contributed by atoms with van der Waals surface area (Å²) in [6.45, 7) is 6.98. The Balaban J connectivity index is 1.65. The van der Waals surface area contributed by atoms with Crippen LogP contribution in [0.2, 0.25) is 0 Å². The highest BCUT2D eigenvalue weighted by Crippen LogP contribution is 2.35. The third-order valence-corrected chi connectivity index (χ3v) is 8.42. The van der Waals surface area contributed by atoms with Crippen molar-refractivity contribution in [2.24, 2.45) is 0 Å². The number of amides is 1. The maximum Gasteiger partial charge on any atom is 0.240 e. The first-order chi connectivity index (χ1) is 13.9. The minimum atomic E-state index is -3.60. The van der Waals surface area contributed by atoms with Crippen LogP contribution < -0.4 is 9.62 Å². The van der Waals surface area contributed by atoms with Gasteiger partial charge >= 0.3 is 0 Å². The fourth-order valence-electron chi connectivity index (χ4n) is 4.05. The summed E-state index contributed by atoms with van der Waals surface area (Å²) in [5.41, 5.74) is 0.709. The van der Waals surface area contributed by atoms with E-state index < -0.39 is 10.0 Å². The van der Waals surface area contributed by atoms with Crippen molar-refractivity contribution in [2.45, 2.75) is 68.2 Å². The Morgan fingerprint density at radius 1 is 1.14 bits per heavy atom. The zero-order valence-electron chi connectivity index (χ0n) is 17.5. The monoisotopic (exact) mass is 439 g/mol. The lowest BCUT2D eigenvalue weighted by Gasteiger charge is -2.27. The van der Waals surface area contributed by atoms with E-state index in [9.17, 15) is 13.2 Å². The highest BCUT2D eigenvalue weighted by molar-refractivity contribution is 7.99. The number of rotatable bonds is 6. The summed E-state index contributed by atoms with van der Waals surface area (Å²) in [6, 6.07) is 5.49. The normalized spacial score (nSPS) is 19.9. The molecule has 0 bridgehead atoms. The van der Waals surface area contributed by atoms with Gasteiger partial charge in [0.05, 0.1) is 10.6 Å². The van der Waals surface area contributed by atoms with Gasteiger partial charge in [0.2, 0.25) is 15.9 Å². The summed E-state index contributed by atoms with van der Waals surface area (Å²) < 4.78 is 28.5. The van der Waals surface area contributed by atoms with Crippen LogP contribution in [0.15, 0.2) is 28.0 Å². The van der Waals surface area contributed by atoms with E-state index in [4.69, 9.17) is 0 Å². The average molecular weight is 440 g/mol. The molecule has 8 heteroatoms. The summed E-state index contributed by atoms with van der Waals surface area (Å²) in [6.07, 6.45) is 6.74. The topological polar surface area (TPSA) is 69.7 Å². The molecule has 0 aliphatic carbocycles. The van der Waals surface area contributed by atoms with Gasteiger partial charge in [-0.05, 0) is 69.6 Å². The van der Waals surface area contributed by atoms with E-state index in [-0.39, 0.29) is 10.8 Å². The van der Waals surface area contributed by atoms with Crippen molar-refractivity contribution in [3.63, 3.8) is 0 Å². The second-order valence-corrected chi connectivity index (χ2v) is 10.9. The van der Waals surface area contributed by atoms with E-state index in [0.717, 1.165) is 36.6 Å². The maximum atomic E-state index is 12.9. The molecule has 1 amide bonds. The van der Waals surface area contributed by atoms with Crippen LogP contribution in [0.3, 0.4) is 0 Å². The van der Waals surface area contributed by atoms with Crippen LogP contribution in [-0.4, -0.2) is 57.2 Å². The molecule has 1 atom stereocenters. The lowest BCUT2D eigenvalue weighted by atomic mass is 10.2. The molecule has 0 saturated carbocycles. The van der Waals surface area contributed by atoms with Crippen molar-refractivity contribution in [1.82, 2.24) is 9.62 Å². The van der Waals surface area contributed by atoms with E-state index in [0.29, 0.717) is 24.8 Å². The van der Waals surface area contributed by atoms with Crippen molar-refractivity contribution >= 4 is 33.4 Å². The fourth-order valence-corrected chi connectivity index (χ4v) is 6.10. The molecule has 0 spiro atoms. The molecule has 1 N–H and O–H groups in total. The highest BCUT2D eigenvalue weighted by atomic mass is 32.2. The molecule has 1 aromatic carbocycles. The Kier molecular flexibility index (Phi) is 8.01. The van der Waals surface area contributed by atoms with Gasteiger partial charge in [-0.1, -0.05) is 12.8 Å². The second kappa shape index (κ2) is 10.3. The van der Waals surface area contributed by atoms with Crippen LogP contribution >= 0.6 is 11.8 Å². The molecular weight excluding hydrogens is 406 g/mol. The van der Waals surface area contributed by atoms with E-state index in [1.807, 2.05) is 6.07 Å². The molecule has 29 heavy (non-hydrogen) atoms. The van der Waals surface area contributed by atoms with E-state index >= 15 is 0 Å². The SMILES string of the molecule is CC(=O)N1CCCSc2ccc(S(=O)(=O)NCC[C@@H](C)N3CCCCCC3)cc21. The molecule has 3 rings (SSSR count). The van der Waals surface area contributed by atoms with Gasteiger partial charge in [-0.2, -0.15) is 0 Å². The number of hydrogen-bond donors (Lipinski definition) is 1. The predicted octanol–water partition coefficient (Wildman–Crippen LogP) is 3.47. The van der Waals surface area contributed by atoms with Crippen LogP contribution in [0.5, 0.6) is 0 Å². The number of fused-ring (bicyclic) bond motifs is 1. The molecule has 0 radical (unpaired) electrons. The number of nitrogens with one attached hydrogen (secondary N) is 1. The van der Waals surface area contributed by atoms with Crippen molar-refractivity contribution in [3.05, 3.63) is 18.2 Å². The number of thioether (sulfide) groups is 1. The van der Waals surface area contributed by atoms with Crippen molar-refractivity contribution in [1.29, 1.82) is 0 Å². The summed E-state index contributed by atoms with van der Waals surface area (Å²) in [7, 11) is -3.60. The number of carbonyl (C=O) groups is 1. The van der Waals surface area contributed by atoms with Gasteiger partial charge in [0.25, 0.3) is 0 Å². The van der Waals surface area contributed by atoms with E-state index in [1.165, 1.54) is 32.6 Å². The van der Waals surface area contributed by atoms with Crippen LogP contribution in [-0.2, 0) is 14.8 Å². The zero-order chi connectivity index (χ0) is 20.9. The largest absolute Gasteiger partial charge is 0.311 e. The molecule has 0 aromatic heterocycles. The number of nitrogens with zero attached hydrogens (tertiary/aromatic N) is 2. The lowest BCUT2D eigenvalue weighted by Crippen LogP contribution is -2.37. The second-order valence-electron chi connectivity index (χ2n) is 7.99. The molecule has 2 heterocycles. The van der Waals surface area contributed by atoms with Gasteiger partial charge in [0.15, 0.2) is 0 Å². The molecule has 162 valence electrons. The predicted molar refractivity (Wildman–Crippen MR) is 119 cm³/mol. The van der Waals surface area contributed by atoms with Crippen molar-refractivity contribution in [2.75, 3.05) is 36.8 Å². The van der Waals surface area contributed by atoms with Gasteiger partial charge < -0.3 is 9.80 Å². The summed E-state index contributed by atoms with van der Waals surface area (Å²) in [4.78, 5) is 17.4. The molecule has 0 unspecified atom stereocenters. The zero-order valence-corrected chi connectivity index (χ0v) is 19.2. The average Bonchev–Trinajstić information content (AvgIpc) is 3.08. The number of anilines is 1. The molecule has 1 aromatic rings. The highest BCUT2D eigenvalue weighted by Gasteiger charge is 2.23. The number of sulfonamides is 1. The minimum Gasteiger partial charge on any atom is -0.311 e. The molecule has 2 aliphatic rings. The van der Waals surface area contributed by atoms with Crippen LogP contribution in [0.1, 0.15) is 52.4 Å². The van der Waals surface area contributed by atoms with Gasteiger partial charge in [-0.25, -0.2) is 13.1 Å². The number of hydrogen-bond acceptors (Lipinski definition) is 5. The number of carbonyl (C=O) groups excluding carboxylic acids is 1. The van der Waals surface area contributed by atoms with Gasteiger partial charge in [-0.3, -0.25) is 4.79 Å². The fraction of sp³-hybridized carbons (Fsp3) is 0.667. The Bertz CT molecular complexity index is 805.